The van der Waals surface area contributed by atoms with Crippen molar-refractivity contribution < 1.29 is 13.9 Å². The first-order valence-electron chi connectivity index (χ1n) is 5.85. The average Bonchev–Trinajstić information content (AvgIpc) is 2.40. The first-order valence-corrected chi connectivity index (χ1v) is 5.85. The van der Waals surface area contributed by atoms with Gasteiger partial charge in [0, 0.05) is 32.4 Å². The number of anilines is 1. The van der Waals surface area contributed by atoms with Crippen molar-refractivity contribution in [3.05, 3.63) is 24.1 Å². The van der Waals surface area contributed by atoms with Crippen molar-refractivity contribution in [2.45, 2.75) is 0 Å². The third-order valence-corrected chi connectivity index (χ3v) is 2.99. The summed E-state index contributed by atoms with van der Waals surface area (Å²) in [4.78, 5) is 19.1. The molecule has 1 aromatic heterocycles. The minimum absolute atomic E-state index is 0.243. The van der Waals surface area contributed by atoms with E-state index in [2.05, 4.69) is 9.72 Å². The summed E-state index contributed by atoms with van der Waals surface area (Å²) in [5.74, 6) is -0.165. The molecular weight excluding hydrogens is 237 g/mol. The number of aromatic nitrogens is 1. The van der Waals surface area contributed by atoms with Crippen LogP contribution < -0.4 is 4.90 Å². The number of piperazine rings is 1. The third-order valence-electron chi connectivity index (χ3n) is 2.99. The summed E-state index contributed by atoms with van der Waals surface area (Å²) in [7, 11) is 1.38. The zero-order valence-electron chi connectivity index (χ0n) is 10.3. The number of carbonyl (C=O) groups is 1. The van der Waals surface area contributed by atoms with Gasteiger partial charge in [-0.15, -0.1) is 0 Å². The second-order valence-corrected chi connectivity index (χ2v) is 4.15. The number of rotatable bonds is 3. The molecule has 0 bridgehead atoms. The topological polar surface area (TPSA) is 45.7 Å². The van der Waals surface area contributed by atoms with Crippen LogP contribution in [0, 0.1) is 5.82 Å². The van der Waals surface area contributed by atoms with Crippen molar-refractivity contribution in [2.24, 2.45) is 0 Å². The Hall–Kier alpha value is -1.69. The van der Waals surface area contributed by atoms with Gasteiger partial charge < -0.3 is 9.64 Å². The summed E-state index contributed by atoms with van der Waals surface area (Å²) in [5, 5.41) is 0. The summed E-state index contributed by atoms with van der Waals surface area (Å²) in [6, 6.07) is 2.98. The number of esters is 1. The Morgan fingerprint density at radius 3 is 2.78 bits per heavy atom. The molecule has 6 heteroatoms. The molecule has 0 saturated carbocycles. The van der Waals surface area contributed by atoms with Gasteiger partial charge in [-0.05, 0) is 12.1 Å². The molecular formula is C12H16FN3O2. The Labute approximate surface area is 105 Å². The van der Waals surface area contributed by atoms with Crippen LogP contribution in [-0.2, 0) is 9.53 Å². The smallest absolute Gasteiger partial charge is 0.319 e. The second kappa shape index (κ2) is 5.77. The fourth-order valence-electron chi connectivity index (χ4n) is 1.97. The summed E-state index contributed by atoms with van der Waals surface area (Å²) >= 11 is 0. The maximum atomic E-state index is 13.5. The van der Waals surface area contributed by atoms with Gasteiger partial charge in [0.15, 0.2) is 11.6 Å². The van der Waals surface area contributed by atoms with E-state index in [1.807, 2.05) is 9.80 Å². The van der Waals surface area contributed by atoms with E-state index in [1.165, 1.54) is 13.2 Å². The van der Waals surface area contributed by atoms with Crippen LogP contribution in [0.5, 0.6) is 0 Å². The molecule has 0 spiro atoms. The van der Waals surface area contributed by atoms with Gasteiger partial charge >= 0.3 is 5.97 Å². The Balaban J connectivity index is 1.91. The quantitative estimate of drug-likeness (QED) is 0.735. The molecule has 18 heavy (non-hydrogen) atoms. The molecule has 1 aliphatic heterocycles. The highest BCUT2D eigenvalue weighted by molar-refractivity contribution is 5.71. The fourth-order valence-corrected chi connectivity index (χ4v) is 1.97. The molecule has 0 unspecified atom stereocenters. The van der Waals surface area contributed by atoms with E-state index in [9.17, 15) is 9.18 Å². The second-order valence-electron chi connectivity index (χ2n) is 4.15. The molecule has 0 atom stereocenters. The summed E-state index contributed by atoms with van der Waals surface area (Å²) in [6.07, 6.45) is 1.58. The first-order chi connectivity index (χ1) is 8.70. The van der Waals surface area contributed by atoms with Crippen LogP contribution in [0.25, 0.3) is 0 Å². The van der Waals surface area contributed by atoms with Gasteiger partial charge in [-0.2, -0.15) is 0 Å². The van der Waals surface area contributed by atoms with Crippen LogP contribution in [0.15, 0.2) is 18.3 Å². The van der Waals surface area contributed by atoms with E-state index in [4.69, 9.17) is 0 Å². The Bertz CT molecular complexity index is 420. The molecule has 0 amide bonds. The van der Waals surface area contributed by atoms with E-state index in [0.29, 0.717) is 32.0 Å². The van der Waals surface area contributed by atoms with Crippen molar-refractivity contribution in [1.82, 2.24) is 9.88 Å². The van der Waals surface area contributed by atoms with Gasteiger partial charge in [-0.25, -0.2) is 9.37 Å². The molecule has 2 rings (SSSR count). The minimum Gasteiger partial charge on any atom is -0.468 e. The number of hydrogen-bond donors (Lipinski definition) is 0. The van der Waals surface area contributed by atoms with Gasteiger partial charge in [0.25, 0.3) is 0 Å². The molecule has 0 radical (unpaired) electrons. The van der Waals surface area contributed by atoms with Gasteiger partial charge in [0.1, 0.15) is 0 Å². The van der Waals surface area contributed by atoms with Crippen molar-refractivity contribution in [3.63, 3.8) is 0 Å². The summed E-state index contributed by atoms with van der Waals surface area (Å²) < 4.78 is 18.2. The zero-order valence-corrected chi connectivity index (χ0v) is 10.3. The normalized spacial score (nSPS) is 16.7. The number of halogens is 1. The lowest BCUT2D eigenvalue weighted by Crippen LogP contribution is -2.48. The van der Waals surface area contributed by atoms with Crippen LogP contribution in [0.3, 0.4) is 0 Å². The van der Waals surface area contributed by atoms with E-state index in [1.54, 1.807) is 12.3 Å². The number of carbonyl (C=O) groups excluding carboxylic acids is 1. The van der Waals surface area contributed by atoms with Crippen molar-refractivity contribution in [2.75, 3.05) is 44.7 Å². The number of ether oxygens (including phenoxy) is 1. The molecule has 0 aromatic carbocycles. The Morgan fingerprint density at radius 1 is 1.44 bits per heavy atom. The molecule has 0 N–H and O–H groups in total. The van der Waals surface area contributed by atoms with Gasteiger partial charge in [0.2, 0.25) is 0 Å². The van der Waals surface area contributed by atoms with E-state index in [-0.39, 0.29) is 18.3 Å². The average molecular weight is 253 g/mol. The van der Waals surface area contributed by atoms with Crippen LogP contribution >= 0.6 is 0 Å². The molecule has 98 valence electrons. The molecule has 1 aliphatic rings. The predicted molar refractivity (Wildman–Crippen MR) is 64.9 cm³/mol. The lowest BCUT2D eigenvalue weighted by atomic mass is 10.3. The lowest BCUT2D eigenvalue weighted by Gasteiger charge is -2.34. The molecule has 1 fully saturated rings. The van der Waals surface area contributed by atoms with Crippen LogP contribution in [0.1, 0.15) is 0 Å². The van der Waals surface area contributed by atoms with Gasteiger partial charge in [-0.3, -0.25) is 9.69 Å². The van der Waals surface area contributed by atoms with E-state index >= 15 is 0 Å². The number of nitrogens with zero attached hydrogens (tertiary/aromatic N) is 3. The first kappa shape index (κ1) is 12.8. The van der Waals surface area contributed by atoms with Gasteiger partial charge in [-0.1, -0.05) is 0 Å². The van der Waals surface area contributed by atoms with E-state index in [0.717, 1.165) is 0 Å². The Kier molecular flexibility index (Phi) is 4.09. The van der Waals surface area contributed by atoms with Crippen LogP contribution in [0.2, 0.25) is 0 Å². The molecule has 5 nitrogen and oxygen atoms in total. The highest BCUT2D eigenvalue weighted by atomic mass is 19.1. The molecule has 1 aromatic rings. The maximum Gasteiger partial charge on any atom is 0.319 e. The SMILES string of the molecule is COC(=O)CN1CCN(c2ncccc2F)CC1. The highest BCUT2D eigenvalue weighted by Crippen LogP contribution is 2.16. The lowest BCUT2D eigenvalue weighted by molar-refractivity contribution is -0.142. The van der Waals surface area contributed by atoms with Gasteiger partial charge in [0.05, 0.1) is 13.7 Å². The minimum atomic E-state index is -0.307. The molecule has 2 heterocycles. The van der Waals surface area contributed by atoms with Crippen molar-refractivity contribution in [1.29, 1.82) is 0 Å². The third kappa shape index (κ3) is 2.95. The van der Waals surface area contributed by atoms with Crippen LogP contribution in [0.4, 0.5) is 10.2 Å². The van der Waals surface area contributed by atoms with E-state index < -0.39 is 0 Å². The monoisotopic (exact) mass is 253 g/mol. The Morgan fingerprint density at radius 2 is 2.17 bits per heavy atom. The number of hydrogen-bond acceptors (Lipinski definition) is 5. The number of pyridine rings is 1. The zero-order chi connectivity index (χ0) is 13.0. The molecule has 1 saturated heterocycles. The number of methoxy groups -OCH3 is 1. The van der Waals surface area contributed by atoms with Crippen molar-refractivity contribution in [3.8, 4) is 0 Å². The molecule has 0 aliphatic carbocycles. The predicted octanol–water partition coefficient (Wildman–Crippen LogP) is 0.516. The summed E-state index contributed by atoms with van der Waals surface area (Å²) in [6.45, 7) is 3.00. The largest absolute Gasteiger partial charge is 0.468 e. The van der Waals surface area contributed by atoms with Crippen LogP contribution in [-0.4, -0.2) is 55.7 Å². The standard InChI is InChI=1S/C12H16FN3O2/c1-18-11(17)9-15-5-7-16(8-6-15)12-10(13)3-2-4-14-12/h2-4H,5-9H2,1H3. The maximum absolute atomic E-state index is 13.5. The fraction of sp³-hybridized carbons (Fsp3) is 0.500. The summed E-state index contributed by atoms with van der Waals surface area (Å²) in [5.41, 5.74) is 0. The van der Waals surface area contributed by atoms with Crippen molar-refractivity contribution >= 4 is 11.8 Å². The highest BCUT2D eigenvalue weighted by Gasteiger charge is 2.21.